The lowest BCUT2D eigenvalue weighted by atomic mass is 9.95. The van der Waals surface area contributed by atoms with Gasteiger partial charge in [-0.15, -0.1) is 11.3 Å². The Morgan fingerprint density at radius 1 is 1.06 bits per heavy atom. The molecule has 1 aliphatic carbocycles. The number of nitrogens with zero attached hydrogens (tertiary/aromatic N) is 1. The molecule has 1 fully saturated rings. The van der Waals surface area contributed by atoms with Crippen LogP contribution in [0.25, 0.3) is 0 Å². The average Bonchev–Trinajstić information content (AvgIpc) is 3.57. The van der Waals surface area contributed by atoms with E-state index >= 15 is 0 Å². The van der Waals surface area contributed by atoms with Crippen molar-refractivity contribution in [3.05, 3.63) is 76.4 Å². The number of aryl methyl sites for hydroxylation is 1. The zero-order chi connectivity index (χ0) is 23.9. The largest absolute Gasteiger partial charge is 0.459 e. The highest BCUT2D eigenvalue weighted by Crippen LogP contribution is 2.31. The van der Waals surface area contributed by atoms with Crippen LogP contribution in [-0.2, 0) is 9.59 Å². The molecule has 34 heavy (non-hydrogen) atoms. The molecule has 3 amide bonds. The van der Waals surface area contributed by atoms with Crippen LogP contribution >= 0.6 is 11.3 Å². The second kappa shape index (κ2) is 11.2. The van der Waals surface area contributed by atoms with Crippen molar-refractivity contribution >= 4 is 34.7 Å². The van der Waals surface area contributed by atoms with Gasteiger partial charge in [0.25, 0.3) is 5.91 Å². The summed E-state index contributed by atoms with van der Waals surface area (Å²) < 4.78 is 5.12. The van der Waals surface area contributed by atoms with Gasteiger partial charge in [-0.05, 0) is 55.5 Å². The van der Waals surface area contributed by atoms with Crippen molar-refractivity contribution in [1.82, 2.24) is 10.6 Å². The topological polar surface area (TPSA) is 91.7 Å². The van der Waals surface area contributed by atoms with E-state index in [2.05, 4.69) is 10.6 Å². The van der Waals surface area contributed by atoms with Gasteiger partial charge in [-0.1, -0.05) is 43.0 Å². The SMILES string of the molecule is Cc1ccc(N(C(=O)CNC(=O)c2ccco2)[C@H](C(=O)NC2CCCCC2)c2cccs2)cc1. The predicted molar refractivity (Wildman–Crippen MR) is 132 cm³/mol. The number of nitrogens with one attached hydrogen (secondary N) is 2. The van der Waals surface area contributed by atoms with Crippen LogP contribution < -0.4 is 15.5 Å². The Morgan fingerprint density at radius 3 is 2.47 bits per heavy atom. The molecule has 0 radical (unpaired) electrons. The maximum Gasteiger partial charge on any atom is 0.287 e. The summed E-state index contributed by atoms with van der Waals surface area (Å²) in [5.41, 5.74) is 1.64. The van der Waals surface area contributed by atoms with Crippen molar-refractivity contribution < 1.29 is 18.8 Å². The van der Waals surface area contributed by atoms with Crippen LogP contribution in [0, 0.1) is 6.92 Å². The molecule has 0 spiro atoms. The van der Waals surface area contributed by atoms with E-state index in [1.165, 1.54) is 35.0 Å². The maximum atomic E-state index is 13.6. The van der Waals surface area contributed by atoms with E-state index in [0.717, 1.165) is 36.1 Å². The smallest absolute Gasteiger partial charge is 0.287 e. The number of anilines is 1. The summed E-state index contributed by atoms with van der Waals surface area (Å²) in [5, 5.41) is 7.69. The van der Waals surface area contributed by atoms with E-state index in [1.54, 1.807) is 6.07 Å². The lowest BCUT2D eigenvalue weighted by molar-refractivity contribution is -0.126. The predicted octanol–water partition coefficient (Wildman–Crippen LogP) is 4.60. The van der Waals surface area contributed by atoms with Crippen LogP contribution in [0.15, 0.2) is 64.6 Å². The second-order valence-corrected chi connectivity index (χ2v) is 9.50. The van der Waals surface area contributed by atoms with Crippen LogP contribution in [0.1, 0.15) is 59.1 Å². The quantitative estimate of drug-likeness (QED) is 0.494. The number of thiophene rings is 1. The third-order valence-electron chi connectivity index (χ3n) is 6.00. The molecule has 0 aliphatic heterocycles. The number of amides is 3. The molecule has 4 rings (SSSR count). The van der Waals surface area contributed by atoms with Crippen LogP contribution in [0.4, 0.5) is 5.69 Å². The molecule has 178 valence electrons. The van der Waals surface area contributed by atoms with Gasteiger partial charge in [0.15, 0.2) is 5.76 Å². The maximum absolute atomic E-state index is 13.6. The first-order valence-corrected chi connectivity index (χ1v) is 12.4. The molecule has 0 saturated heterocycles. The van der Waals surface area contributed by atoms with Crippen molar-refractivity contribution in [2.75, 3.05) is 11.4 Å². The molecule has 1 saturated carbocycles. The molecule has 7 nitrogen and oxygen atoms in total. The van der Waals surface area contributed by atoms with Crippen molar-refractivity contribution in [2.24, 2.45) is 0 Å². The number of benzene rings is 1. The van der Waals surface area contributed by atoms with Crippen molar-refractivity contribution in [2.45, 2.75) is 51.1 Å². The Hall–Kier alpha value is -3.39. The Balaban J connectivity index is 1.62. The monoisotopic (exact) mass is 479 g/mol. The molecule has 1 aromatic carbocycles. The number of rotatable bonds is 8. The summed E-state index contributed by atoms with van der Waals surface area (Å²) in [7, 11) is 0. The Kier molecular flexibility index (Phi) is 7.80. The number of furan rings is 1. The molecular formula is C26H29N3O4S. The number of hydrogen-bond donors (Lipinski definition) is 2. The molecule has 8 heteroatoms. The van der Waals surface area contributed by atoms with Crippen molar-refractivity contribution in [1.29, 1.82) is 0 Å². The molecule has 0 unspecified atom stereocenters. The first-order chi connectivity index (χ1) is 16.5. The fourth-order valence-electron chi connectivity index (χ4n) is 4.23. The molecule has 0 bridgehead atoms. The van der Waals surface area contributed by atoms with Gasteiger partial charge < -0.3 is 15.1 Å². The fourth-order valence-corrected chi connectivity index (χ4v) is 5.04. The van der Waals surface area contributed by atoms with Gasteiger partial charge >= 0.3 is 0 Å². The van der Waals surface area contributed by atoms with E-state index < -0.39 is 11.9 Å². The van der Waals surface area contributed by atoms with Gasteiger partial charge in [-0.2, -0.15) is 0 Å². The second-order valence-electron chi connectivity index (χ2n) is 8.52. The zero-order valence-corrected chi connectivity index (χ0v) is 20.0. The van der Waals surface area contributed by atoms with Crippen molar-refractivity contribution in [3.63, 3.8) is 0 Å². The molecular weight excluding hydrogens is 450 g/mol. The third-order valence-corrected chi connectivity index (χ3v) is 6.92. The van der Waals surface area contributed by atoms with Crippen LogP contribution in [0.3, 0.4) is 0 Å². The zero-order valence-electron chi connectivity index (χ0n) is 19.2. The standard InChI is InChI=1S/C26H29N3O4S/c1-18-11-13-20(14-12-18)29(23(30)17-27-25(31)21-9-5-15-33-21)24(22-10-6-16-34-22)26(32)28-19-7-3-2-4-8-19/h5-6,9-16,19,24H,2-4,7-8,17H2,1H3,(H,27,31)(H,28,32)/t24-/m0/s1. The van der Waals surface area contributed by atoms with E-state index in [9.17, 15) is 14.4 Å². The van der Waals surface area contributed by atoms with Crippen LogP contribution in [0.5, 0.6) is 0 Å². The molecule has 3 aromatic rings. The highest BCUT2D eigenvalue weighted by molar-refractivity contribution is 7.10. The highest BCUT2D eigenvalue weighted by atomic mass is 32.1. The van der Waals surface area contributed by atoms with Gasteiger partial charge in [0, 0.05) is 16.6 Å². The summed E-state index contributed by atoms with van der Waals surface area (Å²) in [6.45, 7) is 1.69. The minimum Gasteiger partial charge on any atom is -0.459 e. The van der Waals surface area contributed by atoms with Crippen molar-refractivity contribution in [3.8, 4) is 0 Å². The van der Waals surface area contributed by atoms with E-state index in [-0.39, 0.29) is 30.2 Å². The number of carbonyl (C=O) groups is 3. The van der Waals surface area contributed by atoms with Crippen LogP contribution in [-0.4, -0.2) is 30.3 Å². The Bertz CT molecular complexity index is 1090. The van der Waals surface area contributed by atoms with E-state index in [1.807, 2.05) is 48.7 Å². The summed E-state index contributed by atoms with van der Waals surface area (Å²) in [6.07, 6.45) is 6.66. The Morgan fingerprint density at radius 2 is 1.82 bits per heavy atom. The molecule has 2 N–H and O–H groups in total. The average molecular weight is 480 g/mol. The number of carbonyl (C=O) groups excluding carboxylic acids is 3. The summed E-state index contributed by atoms with van der Waals surface area (Å²) in [4.78, 5) is 41.8. The minimum absolute atomic E-state index is 0.109. The van der Waals surface area contributed by atoms with Crippen LogP contribution in [0.2, 0.25) is 0 Å². The van der Waals surface area contributed by atoms with Gasteiger partial charge in [-0.3, -0.25) is 19.3 Å². The molecule has 1 aliphatic rings. The van der Waals surface area contributed by atoms with Gasteiger partial charge in [0.2, 0.25) is 11.8 Å². The van der Waals surface area contributed by atoms with Gasteiger partial charge in [0.1, 0.15) is 6.04 Å². The fraction of sp³-hybridized carbons (Fsp3) is 0.346. The Labute approximate surface area is 203 Å². The lowest BCUT2D eigenvalue weighted by Gasteiger charge is -2.33. The first kappa shape index (κ1) is 23.8. The normalized spacial score (nSPS) is 14.9. The highest BCUT2D eigenvalue weighted by Gasteiger charge is 2.34. The number of hydrogen-bond acceptors (Lipinski definition) is 5. The summed E-state index contributed by atoms with van der Waals surface area (Å²) in [6, 6.07) is 13.6. The molecule has 2 aromatic heterocycles. The van der Waals surface area contributed by atoms with E-state index in [4.69, 9.17) is 4.42 Å². The summed E-state index contributed by atoms with van der Waals surface area (Å²) >= 11 is 1.43. The third kappa shape index (κ3) is 5.75. The first-order valence-electron chi connectivity index (χ1n) is 11.6. The minimum atomic E-state index is -0.836. The van der Waals surface area contributed by atoms with E-state index in [0.29, 0.717) is 5.69 Å². The molecule has 1 atom stereocenters. The van der Waals surface area contributed by atoms with Gasteiger partial charge in [-0.25, -0.2) is 0 Å². The van der Waals surface area contributed by atoms with Gasteiger partial charge in [0.05, 0.1) is 12.8 Å². The lowest BCUT2D eigenvalue weighted by Crippen LogP contribution is -2.49. The summed E-state index contributed by atoms with van der Waals surface area (Å²) in [5.74, 6) is -0.956. The molecule has 2 heterocycles.